The van der Waals surface area contributed by atoms with Gasteiger partial charge in [0, 0.05) is 37.1 Å². The van der Waals surface area contributed by atoms with E-state index in [-0.39, 0.29) is 22.6 Å². The summed E-state index contributed by atoms with van der Waals surface area (Å²) in [5.74, 6) is -1.28. The zero-order valence-electron chi connectivity index (χ0n) is 18.9. The number of esters is 1. The van der Waals surface area contributed by atoms with Crippen LogP contribution >= 0.6 is 0 Å². The summed E-state index contributed by atoms with van der Waals surface area (Å²) in [5, 5.41) is 5.47. The molecule has 0 saturated carbocycles. The van der Waals surface area contributed by atoms with Gasteiger partial charge in [-0.25, -0.2) is 9.78 Å². The van der Waals surface area contributed by atoms with Crippen LogP contribution in [0.5, 0.6) is 0 Å². The van der Waals surface area contributed by atoms with Crippen molar-refractivity contribution >= 4 is 23.4 Å². The Kier molecular flexibility index (Phi) is 8.11. The minimum absolute atomic E-state index is 0.0126. The molecule has 184 valence electrons. The quantitative estimate of drug-likeness (QED) is 0.561. The van der Waals surface area contributed by atoms with Gasteiger partial charge in [0.05, 0.1) is 18.8 Å². The van der Waals surface area contributed by atoms with Crippen LogP contribution < -0.4 is 10.6 Å². The zero-order chi connectivity index (χ0) is 24.8. The lowest BCUT2D eigenvalue weighted by Crippen LogP contribution is -2.55. The summed E-state index contributed by atoms with van der Waals surface area (Å²) in [6.07, 6.45) is -3.12. The fraction of sp³-hybridized carbons (Fsp3) is 0.435. The van der Waals surface area contributed by atoms with Crippen molar-refractivity contribution in [2.75, 3.05) is 44.8 Å². The minimum atomic E-state index is -4.51. The molecule has 1 saturated heterocycles. The lowest BCUT2D eigenvalue weighted by Gasteiger charge is -2.40. The maximum absolute atomic E-state index is 13.0. The predicted octanol–water partition coefficient (Wildman–Crippen LogP) is 3.23. The Balaban J connectivity index is 1.57. The summed E-state index contributed by atoms with van der Waals surface area (Å²) < 4.78 is 49.4. The second kappa shape index (κ2) is 10.8. The van der Waals surface area contributed by atoms with Crippen molar-refractivity contribution in [3.63, 3.8) is 0 Å². The molecule has 1 aliphatic heterocycles. The van der Waals surface area contributed by atoms with Crippen LogP contribution in [0.15, 0.2) is 42.6 Å². The van der Waals surface area contributed by atoms with Gasteiger partial charge in [-0.05, 0) is 44.2 Å². The highest BCUT2D eigenvalue weighted by Gasteiger charge is 2.31. The summed E-state index contributed by atoms with van der Waals surface area (Å²) in [4.78, 5) is 31.0. The van der Waals surface area contributed by atoms with Gasteiger partial charge in [0.15, 0.2) is 6.61 Å². The summed E-state index contributed by atoms with van der Waals surface area (Å²) in [5.41, 5.74) is -1.05. The van der Waals surface area contributed by atoms with E-state index in [2.05, 4.69) is 20.5 Å². The van der Waals surface area contributed by atoms with E-state index in [1.807, 2.05) is 13.8 Å². The number of nitrogens with one attached hydrogen (secondary N) is 2. The van der Waals surface area contributed by atoms with E-state index in [1.54, 1.807) is 0 Å². The van der Waals surface area contributed by atoms with E-state index in [1.165, 1.54) is 30.5 Å². The molecule has 34 heavy (non-hydrogen) atoms. The number of hydrogen-bond acceptors (Lipinski definition) is 7. The Labute approximate surface area is 195 Å². The third-order valence-corrected chi connectivity index (χ3v) is 5.40. The first-order chi connectivity index (χ1) is 16.1. The Morgan fingerprint density at radius 3 is 2.59 bits per heavy atom. The van der Waals surface area contributed by atoms with E-state index in [4.69, 9.17) is 9.47 Å². The molecule has 1 amide bonds. The Hall–Kier alpha value is -3.18. The largest absolute Gasteiger partial charge is 0.452 e. The molecule has 11 heteroatoms. The monoisotopic (exact) mass is 480 g/mol. The van der Waals surface area contributed by atoms with Crippen LogP contribution in [0.3, 0.4) is 0 Å². The molecule has 0 unspecified atom stereocenters. The normalized spacial score (nSPS) is 15.0. The first-order valence-electron chi connectivity index (χ1n) is 10.7. The third kappa shape index (κ3) is 6.91. The van der Waals surface area contributed by atoms with Crippen molar-refractivity contribution in [1.29, 1.82) is 0 Å². The highest BCUT2D eigenvalue weighted by molar-refractivity contribution is 5.96. The molecule has 0 radical (unpaired) electrons. The molecular weight excluding hydrogens is 453 g/mol. The molecule has 2 aromatic rings. The average molecular weight is 480 g/mol. The number of rotatable bonds is 8. The fourth-order valence-electron chi connectivity index (χ4n) is 3.43. The number of alkyl halides is 3. The minimum Gasteiger partial charge on any atom is -0.452 e. The summed E-state index contributed by atoms with van der Waals surface area (Å²) in [7, 11) is 0. The van der Waals surface area contributed by atoms with Gasteiger partial charge in [-0.1, -0.05) is 6.07 Å². The van der Waals surface area contributed by atoms with Crippen LogP contribution in [0.4, 0.5) is 24.7 Å². The average Bonchev–Trinajstić information content (AvgIpc) is 2.82. The van der Waals surface area contributed by atoms with Crippen LogP contribution in [0.1, 0.15) is 29.8 Å². The number of nitrogens with zero attached hydrogens (tertiary/aromatic N) is 2. The van der Waals surface area contributed by atoms with Crippen molar-refractivity contribution in [3.05, 3.63) is 53.7 Å². The van der Waals surface area contributed by atoms with E-state index in [0.29, 0.717) is 19.8 Å². The molecule has 1 aromatic carbocycles. The van der Waals surface area contributed by atoms with Crippen molar-refractivity contribution in [2.45, 2.75) is 25.6 Å². The van der Waals surface area contributed by atoms with E-state index in [0.717, 1.165) is 25.2 Å². The number of anilines is 2. The zero-order valence-corrected chi connectivity index (χ0v) is 18.9. The number of hydrogen-bond donors (Lipinski definition) is 2. The van der Waals surface area contributed by atoms with Gasteiger partial charge in [-0.3, -0.25) is 9.69 Å². The van der Waals surface area contributed by atoms with Gasteiger partial charge in [-0.2, -0.15) is 13.2 Å². The first kappa shape index (κ1) is 25.4. The maximum Gasteiger partial charge on any atom is 0.416 e. The highest BCUT2D eigenvalue weighted by Crippen LogP contribution is 2.31. The number of carbonyl (C=O) groups excluding carboxylic acids is 2. The second-order valence-electron chi connectivity index (χ2n) is 8.37. The molecule has 2 heterocycles. The summed E-state index contributed by atoms with van der Waals surface area (Å²) >= 11 is 0. The van der Waals surface area contributed by atoms with Crippen LogP contribution in [0, 0.1) is 0 Å². The highest BCUT2D eigenvalue weighted by atomic mass is 19.4. The fourth-order valence-corrected chi connectivity index (χ4v) is 3.43. The molecule has 0 bridgehead atoms. The standard InChI is InChI=1S/C23H27F3N4O4/c1-22(2,30-9-11-33-12-10-30)15-28-19(31)14-34-21(32)18-7-4-8-27-20(18)29-17-6-3-5-16(13-17)23(24,25)26/h3-8,13H,9-12,14-15H2,1-2H3,(H,27,29)(H,28,31). The van der Waals surface area contributed by atoms with Gasteiger partial charge in [0.2, 0.25) is 0 Å². The van der Waals surface area contributed by atoms with Crippen LogP contribution in [0.25, 0.3) is 0 Å². The van der Waals surface area contributed by atoms with Gasteiger partial charge >= 0.3 is 12.1 Å². The maximum atomic E-state index is 13.0. The van der Waals surface area contributed by atoms with Crippen molar-refractivity contribution < 1.29 is 32.2 Å². The molecule has 8 nitrogen and oxygen atoms in total. The third-order valence-electron chi connectivity index (χ3n) is 5.40. The molecule has 1 aliphatic rings. The number of pyridine rings is 1. The van der Waals surface area contributed by atoms with Crippen molar-refractivity contribution in [1.82, 2.24) is 15.2 Å². The van der Waals surface area contributed by atoms with Gasteiger partial charge in [0.1, 0.15) is 11.4 Å². The molecule has 1 aromatic heterocycles. The molecule has 0 aliphatic carbocycles. The lowest BCUT2D eigenvalue weighted by molar-refractivity contribution is -0.137. The van der Waals surface area contributed by atoms with Crippen LogP contribution in [0.2, 0.25) is 0 Å². The molecule has 1 fully saturated rings. The summed E-state index contributed by atoms with van der Waals surface area (Å²) in [6, 6.07) is 7.41. The van der Waals surface area contributed by atoms with Gasteiger partial charge < -0.3 is 20.1 Å². The molecule has 2 N–H and O–H groups in total. The predicted molar refractivity (Wildman–Crippen MR) is 119 cm³/mol. The Bertz CT molecular complexity index is 1010. The number of halogens is 3. The molecule has 3 rings (SSSR count). The topological polar surface area (TPSA) is 92.8 Å². The Morgan fingerprint density at radius 2 is 1.88 bits per heavy atom. The molecule has 0 atom stereocenters. The Morgan fingerprint density at radius 1 is 1.15 bits per heavy atom. The van der Waals surface area contributed by atoms with Gasteiger partial charge in [0.25, 0.3) is 5.91 Å². The van der Waals surface area contributed by atoms with Crippen molar-refractivity contribution in [2.24, 2.45) is 0 Å². The SMILES string of the molecule is CC(C)(CNC(=O)COC(=O)c1cccnc1Nc1cccc(C(F)(F)F)c1)N1CCOCC1. The first-order valence-corrected chi connectivity index (χ1v) is 10.7. The number of ether oxygens (including phenoxy) is 2. The number of carbonyl (C=O) groups is 2. The number of morpholine rings is 1. The van der Waals surface area contributed by atoms with Crippen LogP contribution in [-0.4, -0.2) is 66.8 Å². The van der Waals surface area contributed by atoms with E-state index < -0.39 is 30.2 Å². The summed E-state index contributed by atoms with van der Waals surface area (Å²) in [6.45, 7) is 6.67. The molecule has 0 spiro atoms. The second-order valence-corrected chi connectivity index (χ2v) is 8.37. The van der Waals surface area contributed by atoms with E-state index in [9.17, 15) is 22.8 Å². The molecular formula is C23H27F3N4O4. The van der Waals surface area contributed by atoms with E-state index >= 15 is 0 Å². The number of benzene rings is 1. The smallest absolute Gasteiger partial charge is 0.416 e. The van der Waals surface area contributed by atoms with Crippen molar-refractivity contribution in [3.8, 4) is 0 Å². The number of amides is 1. The van der Waals surface area contributed by atoms with Gasteiger partial charge in [-0.15, -0.1) is 0 Å². The number of aromatic nitrogens is 1. The lowest BCUT2D eigenvalue weighted by atomic mass is 10.0. The van der Waals surface area contributed by atoms with Crippen LogP contribution in [-0.2, 0) is 20.4 Å².